The van der Waals surface area contributed by atoms with Crippen molar-refractivity contribution in [2.24, 2.45) is 5.92 Å². The van der Waals surface area contributed by atoms with Gasteiger partial charge in [0.05, 0.1) is 7.11 Å². The molecule has 0 aromatic heterocycles. The minimum absolute atomic E-state index is 0.626. The summed E-state index contributed by atoms with van der Waals surface area (Å²) in [5.74, 6) is 1.51. The second-order valence-corrected chi connectivity index (χ2v) is 5.11. The van der Waals surface area contributed by atoms with E-state index in [4.69, 9.17) is 10.5 Å². The molecule has 2 rings (SSSR count). The lowest BCUT2D eigenvalue weighted by molar-refractivity contribution is 0.414. The molecule has 1 aromatic rings. The number of anilines is 2. The van der Waals surface area contributed by atoms with Crippen LogP contribution in [0.4, 0.5) is 11.4 Å². The molecule has 3 nitrogen and oxygen atoms in total. The maximum Gasteiger partial charge on any atom is 0.122 e. The van der Waals surface area contributed by atoms with Gasteiger partial charge >= 0.3 is 0 Å². The van der Waals surface area contributed by atoms with Gasteiger partial charge in [0.1, 0.15) is 5.75 Å². The largest absolute Gasteiger partial charge is 0.497 e. The molecule has 1 unspecified atom stereocenters. The van der Waals surface area contributed by atoms with Crippen molar-refractivity contribution in [3.05, 3.63) is 18.2 Å². The first-order chi connectivity index (χ1) is 8.11. The molecule has 0 saturated carbocycles. The van der Waals surface area contributed by atoms with Crippen molar-refractivity contribution in [3.8, 4) is 5.75 Å². The smallest absolute Gasteiger partial charge is 0.122 e. The van der Waals surface area contributed by atoms with Crippen molar-refractivity contribution < 1.29 is 4.74 Å². The summed E-state index contributed by atoms with van der Waals surface area (Å²) >= 11 is 0. The van der Waals surface area contributed by atoms with Gasteiger partial charge in [0.2, 0.25) is 0 Å². The third-order valence-electron chi connectivity index (χ3n) is 3.55. The van der Waals surface area contributed by atoms with Gasteiger partial charge in [0, 0.05) is 36.1 Å². The van der Waals surface area contributed by atoms with Crippen LogP contribution in [0.1, 0.15) is 26.7 Å². The van der Waals surface area contributed by atoms with E-state index in [9.17, 15) is 0 Å². The average molecular weight is 234 g/mol. The molecule has 1 aromatic carbocycles. The molecule has 0 radical (unpaired) electrons. The third-order valence-corrected chi connectivity index (χ3v) is 3.55. The van der Waals surface area contributed by atoms with E-state index in [1.54, 1.807) is 7.11 Å². The summed E-state index contributed by atoms with van der Waals surface area (Å²) < 4.78 is 5.28. The molecule has 17 heavy (non-hydrogen) atoms. The zero-order chi connectivity index (χ0) is 12.4. The standard InChI is InChI=1S/C14H22N2O/c1-10(2)14-5-4-6-16(14)12-7-11(15)8-13(9-12)17-3/h7-10,14H,4-6,15H2,1-3H3. The number of rotatable bonds is 3. The van der Waals surface area contributed by atoms with Crippen LogP contribution in [0.15, 0.2) is 18.2 Å². The van der Waals surface area contributed by atoms with E-state index >= 15 is 0 Å². The van der Waals surface area contributed by atoms with Crippen LogP contribution in [-0.2, 0) is 0 Å². The van der Waals surface area contributed by atoms with Gasteiger partial charge in [-0.3, -0.25) is 0 Å². The van der Waals surface area contributed by atoms with Gasteiger partial charge in [-0.05, 0) is 24.8 Å². The van der Waals surface area contributed by atoms with E-state index in [2.05, 4.69) is 24.8 Å². The number of nitrogens with zero attached hydrogens (tertiary/aromatic N) is 1. The fourth-order valence-corrected chi connectivity index (χ4v) is 2.70. The quantitative estimate of drug-likeness (QED) is 0.817. The highest BCUT2D eigenvalue weighted by molar-refractivity contribution is 5.61. The van der Waals surface area contributed by atoms with Crippen LogP contribution in [-0.4, -0.2) is 19.7 Å². The normalized spacial score (nSPS) is 20.0. The van der Waals surface area contributed by atoms with Crippen LogP contribution < -0.4 is 15.4 Å². The lowest BCUT2D eigenvalue weighted by atomic mass is 10.0. The van der Waals surface area contributed by atoms with E-state index in [-0.39, 0.29) is 0 Å². The summed E-state index contributed by atoms with van der Waals surface area (Å²) in [6, 6.07) is 6.62. The predicted octanol–water partition coefficient (Wildman–Crippen LogP) is 2.90. The summed E-state index contributed by atoms with van der Waals surface area (Å²) in [4.78, 5) is 2.46. The van der Waals surface area contributed by atoms with Crippen molar-refractivity contribution in [1.82, 2.24) is 0 Å². The molecule has 1 heterocycles. The molecule has 0 amide bonds. The summed E-state index contributed by atoms with van der Waals surface area (Å²) in [7, 11) is 1.68. The van der Waals surface area contributed by atoms with Gasteiger partial charge in [0.15, 0.2) is 0 Å². The van der Waals surface area contributed by atoms with E-state index in [0.29, 0.717) is 12.0 Å². The first kappa shape index (κ1) is 12.1. The highest BCUT2D eigenvalue weighted by Crippen LogP contribution is 2.33. The maximum absolute atomic E-state index is 5.92. The van der Waals surface area contributed by atoms with Crippen molar-refractivity contribution >= 4 is 11.4 Å². The second kappa shape index (κ2) is 4.86. The molecule has 1 atom stereocenters. The van der Waals surface area contributed by atoms with Crippen molar-refractivity contribution in [2.75, 3.05) is 24.3 Å². The van der Waals surface area contributed by atoms with Gasteiger partial charge in [-0.2, -0.15) is 0 Å². The molecule has 94 valence electrons. The van der Waals surface area contributed by atoms with E-state index in [1.165, 1.54) is 18.5 Å². The minimum atomic E-state index is 0.626. The Morgan fingerprint density at radius 3 is 2.76 bits per heavy atom. The Bertz CT molecular complexity index is 390. The summed E-state index contributed by atoms with van der Waals surface area (Å²) in [6.45, 7) is 5.69. The molecule has 3 heteroatoms. The number of ether oxygens (including phenoxy) is 1. The first-order valence-corrected chi connectivity index (χ1v) is 6.33. The highest BCUT2D eigenvalue weighted by Gasteiger charge is 2.27. The number of nitrogens with two attached hydrogens (primary N) is 1. The fraction of sp³-hybridized carbons (Fsp3) is 0.571. The first-order valence-electron chi connectivity index (χ1n) is 6.33. The van der Waals surface area contributed by atoms with E-state index in [0.717, 1.165) is 18.0 Å². The van der Waals surface area contributed by atoms with Crippen molar-refractivity contribution in [2.45, 2.75) is 32.7 Å². The number of hydrogen-bond acceptors (Lipinski definition) is 3. The summed E-state index contributed by atoms with van der Waals surface area (Å²) in [5, 5.41) is 0. The zero-order valence-electron chi connectivity index (χ0n) is 10.9. The highest BCUT2D eigenvalue weighted by atomic mass is 16.5. The van der Waals surface area contributed by atoms with E-state index in [1.807, 2.05) is 12.1 Å². The number of methoxy groups -OCH3 is 1. The predicted molar refractivity (Wildman–Crippen MR) is 72.6 cm³/mol. The number of nitrogen functional groups attached to an aromatic ring is 1. The fourth-order valence-electron chi connectivity index (χ4n) is 2.70. The Morgan fingerprint density at radius 2 is 2.12 bits per heavy atom. The van der Waals surface area contributed by atoms with Gasteiger partial charge in [-0.15, -0.1) is 0 Å². The average Bonchev–Trinajstić information content (AvgIpc) is 2.77. The van der Waals surface area contributed by atoms with Crippen LogP contribution in [0.3, 0.4) is 0 Å². The van der Waals surface area contributed by atoms with Crippen molar-refractivity contribution in [1.29, 1.82) is 0 Å². The van der Waals surface area contributed by atoms with Crippen LogP contribution >= 0.6 is 0 Å². The molecule has 2 N–H and O–H groups in total. The lowest BCUT2D eigenvalue weighted by Crippen LogP contribution is -2.33. The Kier molecular flexibility index (Phi) is 3.46. The molecular formula is C14H22N2O. The Labute approximate surface area is 104 Å². The molecule has 0 spiro atoms. The Hall–Kier alpha value is -1.38. The lowest BCUT2D eigenvalue weighted by Gasteiger charge is -2.30. The van der Waals surface area contributed by atoms with E-state index < -0.39 is 0 Å². The molecule has 0 bridgehead atoms. The van der Waals surface area contributed by atoms with Crippen LogP contribution in [0.2, 0.25) is 0 Å². The Morgan fingerprint density at radius 1 is 1.35 bits per heavy atom. The molecule has 1 aliphatic rings. The Balaban J connectivity index is 2.29. The van der Waals surface area contributed by atoms with Gasteiger partial charge < -0.3 is 15.4 Å². The number of benzene rings is 1. The zero-order valence-corrected chi connectivity index (χ0v) is 10.9. The topological polar surface area (TPSA) is 38.5 Å². The maximum atomic E-state index is 5.92. The minimum Gasteiger partial charge on any atom is -0.497 e. The van der Waals surface area contributed by atoms with Crippen LogP contribution in [0.5, 0.6) is 5.75 Å². The molecule has 1 aliphatic heterocycles. The second-order valence-electron chi connectivity index (χ2n) is 5.11. The van der Waals surface area contributed by atoms with Crippen molar-refractivity contribution in [3.63, 3.8) is 0 Å². The summed E-state index contributed by atoms with van der Waals surface area (Å²) in [5.41, 5.74) is 7.88. The SMILES string of the molecule is COc1cc(N)cc(N2CCCC2C(C)C)c1. The molecule has 1 fully saturated rings. The monoisotopic (exact) mass is 234 g/mol. The van der Waals surface area contributed by atoms with Crippen LogP contribution in [0, 0.1) is 5.92 Å². The number of hydrogen-bond donors (Lipinski definition) is 1. The molecule has 1 saturated heterocycles. The van der Waals surface area contributed by atoms with Gasteiger partial charge in [-0.1, -0.05) is 13.8 Å². The molecule has 0 aliphatic carbocycles. The van der Waals surface area contributed by atoms with Crippen LogP contribution in [0.25, 0.3) is 0 Å². The van der Waals surface area contributed by atoms with Gasteiger partial charge in [-0.25, -0.2) is 0 Å². The third kappa shape index (κ3) is 2.48. The molecular weight excluding hydrogens is 212 g/mol. The summed E-state index contributed by atoms with van der Waals surface area (Å²) in [6.07, 6.45) is 2.54. The van der Waals surface area contributed by atoms with Gasteiger partial charge in [0.25, 0.3) is 0 Å².